The number of hydrogen-bond donors (Lipinski definition) is 1. The molecular weight excluding hydrogens is 352 g/mol. The van der Waals surface area contributed by atoms with Gasteiger partial charge in [0.1, 0.15) is 12.4 Å². The fourth-order valence-corrected chi connectivity index (χ4v) is 3.35. The third kappa shape index (κ3) is 3.88. The second-order valence-electron chi connectivity index (χ2n) is 8.08. The predicted molar refractivity (Wildman–Crippen MR) is 112 cm³/mol. The Bertz CT molecular complexity index is 918. The first kappa shape index (κ1) is 19.9. The monoisotopic (exact) mass is 380 g/mol. The summed E-state index contributed by atoms with van der Waals surface area (Å²) in [6, 6.07) is 11.3. The molecule has 0 atom stereocenters. The Morgan fingerprint density at radius 2 is 1.93 bits per heavy atom. The predicted octanol–water partition coefficient (Wildman–Crippen LogP) is 4.72. The lowest BCUT2D eigenvalue weighted by atomic mass is 9.93. The van der Waals surface area contributed by atoms with Gasteiger partial charge in [0, 0.05) is 23.9 Å². The Morgan fingerprint density at radius 3 is 2.64 bits per heavy atom. The van der Waals surface area contributed by atoms with E-state index >= 15 is 0 Å². The normalized spacial score (nSPS) is 15.5. The first-order valence-corrected chi connectivity index (χ1v) is 9.70. The van der Waals surface area contributed by atoms with Crippen molar-refractivity contribution in [2.24, 2.45) is 5.41 Å². The lowest BCUT2D eigenvalue weighted by Gasteiger charge is -2.27. The molecule has 0 unspecified atom stereocenters. The van der Waals surface area contributed by atoms with E-state index in [-0.39, 0.29) is 11.8 Å². The molecule has 0 saturated carbocycles. The lowest BCUT2D eigenvalue weighted by Crippen LogP contribution is -2.42. The van der Waals surface area contributed by atoms with Gasteiger partial charge in [0.15, 0.2) is 0 Å². The molecule has 1 aliphatic rings. The van der Waals surface area contributed by atoms with Crippen molar-refractivity contribution in [3.63, 3.8) is 0 Å². The van der Waals surface area contributed by atoms with Crippen LogP contribution in [-0.4, -0.2) is 25.0 Å². The highest BCUT2D eigenvalue weighted by atomic mass is 16.5. The summed E-state index contributed by atoms with van der Waals surface area (Å²) in [6.07, 6.45) is 0.854. The zero-order chi connectivity index (χ0) is 20.5. The van der Waals surface area contributed by atoms with Crippen molar-refractivity contribution < 1.29 is 14.3 Å². The van der Waals surface area contributed by atoms with Crippen molar-refractivity contribution in [1.82, 2.24) is 0 Å². The van der Waals surface area contributed by atoms with Gasteiger partial charge in [-0.2, -0.15) is 0 Å². The minimum atomic E-state index is -0.601. The van der Waals surface area contributed by atoms with Gasteiger partial charge >= 0.3 is 0 Å². The van der Waals surface area contributed by atoms with Gasteiger partial charge < -0.3 is 15.0 Å². The van der Waals surface area contributed by atoms with Gasteiger partial charge in [0.25, 0.3) is 5.91 Å². The number of fused-ring (bicyclic) bond motifs is 1. The van der Waals surface area contributed by atoms with E-state index in [0.717, 1.165) is 23.2 Å². The second kappa shape index (κ2) is 7.66. The standard InChI is InChI=1S/C23H28N2O3/c1-6-11-25-19-10-9-17(13-20(19)28-14-23(4,5)22(25)27)24-21(26)18-12-15(2)7-8-16(18)3/h7-10,12-13H,6,11,14H2,1-5H3,(H,24,26). The maximum atomic E-state index is 12.9. The van der Waals surface area contributed by atoms with E-state index in [2.05, 4.69) is 5.32 Å². The summed E-state index contributed by atoms with van der Waals surface area (Å²) in [7, 11) is 0. The highest BCUT2D eigenvalue weighted by Crippen LogP contribution is 2.38. The first-order chi connectivity index (χ1) is 13.2. The summed E-state index contributed by atoms with van der Waals surface area (Å²) in [5.41, 5.74) is 3.42. The van der Waals surface area contributed by atoms with Crippen molar-refractivity contribution >= 4 is 23.2 Å². The molecule has 2 amide bonds. The number of benzene rings is 2. The average Bonchev–Trinajstić information content (AvgIpc) is 2.74. The van der Waals surface area contributed by atoms with Crippen LogP contribution in [0.4, 0.5) is 11.4 Å². The molecule has 2 aromatic carbocycles. The molecule has 0 fully saturated rings. The summed E-state index contributed by atoms with van der Waals surface area (Å²) < 4.78 is 5.97. The van der Waals surface area contributed by atoms with Crippen LogP contribution in [0, 0.1) is 19.3 Å². The topological polar surface area (TPSA) is 58.6 Å². The van der Waals surface area contributed by atoms with Crippen molar-refractivity contribution in [2.45, 2.75) is 41.0 Å². The van der Waals surface area contributed by atoms with Crippen LogP contribution in [0.3, 0.4) is 0 Å². The van der Waals surface area contributed by atoms with Crippen LogP contribution in [0.15, 0.2) is 36.4 Å². The Balaban J connectivity index is 1.91. The molecule has 0 radical (unpaired) electrons. The van der Waals surface area contributed by atoms with Crippen LogP contribution in [0.1, 0.15) is 48.7 Å². The van der Waals surface area contributed by atoms with E-state index in [1.807, 2.05) is 65.0 Å². The molecule has 5 nitrogen and oxygen atoms in total. The first-order valence-electron chi connectivity index (χ1n) is 9.70. The molecule has 1 heterocycles. The minimum absolute atomic E-state index is 0.0558. The van der Waals surface area contributed by atoms with Crippen molar-refractivity contribution in [3.05, 3.63) is 53.1 Å². The van der Waals surface area contributed by atoms with Gasteiger partial charge in [-0.1, -0.05) is 24.6 Å². The number of nitrogens with one attached hydrogen (secondary N) is 1. The summed E-state index contributed by atoms with van der Waals surface area (Å²) in [6.45, 7) is 10.7. The number of carbonyl (C=O) groups is 2. The molecule has 0 bridgehead atoms. The summed E-state index contributed by atoms with van der Waals surface area (Å²) in [5, 5.41) is 2.95. The maximum Gasteiger partial charge on any atom is 0.255 e. The maximum absolute atomic E-state index is 12.9. The number of amides is 2. The largest absolute Gasteiger partial charge is 0.490 e. The molecule has 1 aliphatic heterocycles. The Kier molecular flexibility index (Phi) is 5.45. The molecule has 1 N–H and O–H groups in total. The van der Waals surface area contributed by atoms with Gasteiger partial charge in [-0.25, -0.2) is 0 Å². The fourth-order valence-electron chi connectivity index (χ4n) is 3.35. The SMILES string of the molecule is CCCN1C(=O)C(C)(C)COc2cc(NC(=O)c3cc(C)ccc3C)ccc21. The molecule has 2 aromatic rings. The van der Waals surface area contributed by atoms with Crippen molar-refractivity contribution in [1.29, 1.82) is 0 Å². The third-order valence-corrected chi connectivity index (χ3v) is 5.01. The van der Waals surface area contributed by atoms with Crippen molar-refractivity contribution in [2.75, 3.05) is 23.4 Å². The number of carbonyl (C=O) groups excluding carboxylic acids is 2. The summed E-state index contributed by atoms with van der Waals surface area (Å²) in [5.74, 6) is 0.517. The van der Waals surface area contributed by atoms with E-state index in [1.165, 1.54) is 0 Å². The summed E-state index contributed by atoms with van der Waals surface area (Å²) in [4.78, 5) is 27.4. The van der Waals surface area contributed by atoms with E-state index in [0.29, 0.717) is 30.2 Å². The van der Waals surface area contributed by atoms with Crippen LogP contribution < -0.4 is 15.0 Å². The van der Waals surface area contributed by atoms with E-state index < -0.39 is 5.41 Å². The molecule has 0 aliphatic carbocycles. The molecule has 148 valence electrons. The zero-order valence-corrected chi connectivity index (χ0v) is 17.3. The Morgan fingerprint density at radius 1 is 1.18 bits per heavy atom. The van der Waals surface area contributed by atoms with Gasteiger partial charge in [0.05, 0.1) is 11.1 Å². The average molecular weight is 380 g/mol. The molecule has 28 heavy (non-hydrogen) atoms. The van der Waals surface area contributed by atoms with E-state index in [9.17, 15) is 9.59 Å². The van der Waals surface area contributed by atoms with Crippen LogP contribution in [-0.2, 0) is 4.79 Å². The number of aryl methyl sites for hydroxylation is 2. The number of hydrogen-bond acceptors (Lipinski definition) is 3. The molecule has 0 spiro atoms. The van der Waals surface area contributed by atoms with Gasteiger partial charge in [-0.15, -0.1) is 0 Å². The Labute approximate surface area is 166 Å². The summed E-state index contributed by atoms with van der Waals surface area (Å²) >= 11 is 0. The van der Waals surface area contributed by atoms with Crippen LogP contribution >= 0.6 is 0 Å². The molecule has 5 heteroatoms. The molecular formula is C23H28N2O3. The van der Waals surface area contributed by atoms with E-state index in [4.69, 9.17) is 4.74 Å². The smallest absolute Gasteiger partial charge is 0.255 e. The number of ether oxygens (including phenoxy) is 1. The second-order valence-corrected chi connectivity index (χ2v) is 8.08. The molecule has 0 saturated heterocycles. The third-order valence-electron chi connectivity index (χ3n) is 5.01. The van der Waals surface area contributed by atoms with Crippen LogP contribution in [0.25, 0.3) is 0 Å². The molecule has 0 aromatic heterocycles. The quantitative estimate of drug-likeness (QED) is 0.835. The highest BCUT2D eigenvalue weighted by Gasteiger charge is 2.37. The van der Waals surface area contributed by atoms with Gasteiger partial charge in [-0.3, -0.25) is 9.59 Å². The number of nitrogens with zero attached hydrogens (tertiary/aromatic N) is 1. The van der Waals surface area contributed by atoms with Crippen molar-refractivity contribution in [3.8, 4) is 5.75 Å². The Hall–Kier alpha value is -2.82. The van der Waals surface area contributed by atoms with Gasteiger partial charge in [-0.05, 0) is 57.9 Å². The number of rotatable bonds is 4. The zero-order valence-electron chi connectivity index (χ0n) is 17.3. The van der Waals surface area contributed by atoms with E-state index in [1.54, 1.807) is 11.0 Å². The van der Waals surface area contributed by atoms with Crippen LogP contribution in [0.5, 0.6) is 5.75 Å². The minimum Gasteiger partial charge on any atom is -0.490 e. The molecule has 3 rings (SSSR count). The lowest BCUT2D eigenvalue weighted by molar-refractivity contribution is -0.127. The fraction of sp³-hybridized carbons (Fsp3) is 0.391. The van der Waals surface area contributed by atoms with Gasteiger partial charge in [0.2, 0.25) is 5.91 Å². The highest BCUT2D eigenvalue weighted by molar-refractivity contribution is 6.06. The van der Waals surface area contributed by atoms with Crippen LogP contribution in [0.2, 0.25) is 0 Å². The number of anilines is 2.